The summed E-state index contributed by atoms with van der Waals surface area (Å²) in [6, 6.07) is 13.0. The highest BCUT2D eigenvalue weighted by molar-refractivity contribution is 8.18. The van der Waals surface area contributed by atoms with Crippen molar-refractivity contribution in [3.8, 4) is 11.5 Å². The molecule has 0 unspecified atom stereocenters. The molecule has 0 bridgehead atoms. The molecule has 9 heteroatoms. The zero-order valence-corrected chi connectivity index (χ0v) is 19.7. The van der Waals surface area contributed by atoms with Crippen LogP contribution in [0.2, 0.25) is 5.02 Å². The second-order valence-electron chi connectivity index (χ2n) is 7.66. The van der Waals surface area contributed by atoms with Crippen LogP contribution in [0.15, 0.2) is 47.4 Å². The van der Waals surface area contributed by atoms with Crippen molar-refractivity contribution in [3.63, 3.8) is 0 Å². The Morgan fingerprint density at radius 2 is 1.88 bits per heavy atom. The number of hydrogen-bond acceptors (Lipinski definition) is 6. The minimum atomic E-state index is -0.489. The first-order chi connectivity index (χ1) is 16.0. The minimum Gasteiger partial charge on any atom is -0.493 e. The molecule has 2 fully saturated rings. The van der Waals surface area contributed by atoms with Gasteiger partial charge in [0.25, 0.3) is 11.1 Å². The van der Waals surface area contributed by atoms with Gasteiger partial charge in [-0.25, -0.2) is 0 Å². The number of imide groups is 1. The summed E-state index contributed by atoms with van der Waals surface area (Å²) in [5.41, 5.74) is 1.57. The van der Waals surface area contributed by atoms with Crippen molar-refractivity contribution in [2.24, 2.45) is 0 Å². The van der Waals surface area contributed by atoms with E-state index >= 15 is 0 Å². The molecule has 0 saturated carbocycles. The number of methoxy groups -OCH3 is 1. The molecular formula is C24H23ClN2O5S. The van der Waals surface area contributed by atoms with Gasteiger partial charge in [-0.3, -0.25) is 19.3 Å². The van der Waals surface area contributed by atoms with E-state index in [1.54, 1.807) is 23.1 Å². The van der Waals surface area contributed by atoms with Crippen LogP contribution >= 0.6 is 23.4 Å². The van der Waals surface area contributed by atoms with Gasteiger partial charge in [0, 0.05) is 13.1 Å². The molecule has 2 aliphatic heterocycles. The fourth-order valence-corrected chi connectivity index (χ4v) is 4.79. The Morgan fingerprint density at radius 3 is 2.58 bits per heavy atom. The van der Waals surface area contributed by atoms with Gasteiger partial charge in [0.1, 0.15) is 13.2 Å². The Bertz CT molecular complexity index is 1100. The summed E-state index contributed by atoms with van der Waals surface area (Å²) in [5.74, 6) is 0.107. The lowest BCUT2D eigenvalue weighted by atomic mass is 10.1. The normalized spacial score (nSPS) is 17.2. The molecule has 2 aliphatic rings. The third kappa shape index (κ3) is 5.34. The van der Waals surface area contributed by atoms with Gasteiger partial charge >= 0.3 is 0 Å². The van der Waals surface area contributed by atoms with E-state index in [0.29, 0.717) is 41.8 Å². The molecule has 4 rings (SSSR count). The van der Waals surface area contributed by atoms with Crippen LogP contribution in [-0.4, -0.2) is 53.6 Å². The maximum atomic E-state index is 12.8. The molecule has 2 saturated heterocycles. The summed E-state index contributed by atoms with van der Waals surface area (Å²) in [5, 5.41) is -0.139. The van der Waals surface area contributed by atoms with Crippen molar-refractivity contribution in [2.45, 2.75) is 19.4 Å². The Balaban J connectivity index is 1.49. The largest absolute Gasteiger partial charge is 0.493 e. The number of amides is 3. The van der Waals surface area contributed by atoms with Crippen LogP contribution in [0.3, 0.4) is 0 Å². The van der Waals surface area contributed by atoms with Gasteiger partial charge in [0.15, 0.2) is 11.5 Å². The smallest absolute Gasteiger partial charge is 0.294 e. The van der Waals surface area contributed by atoms with Crippen molar-refractivity contribution in [2.75, 3.05) is 26.7 Å². The van der Waals surface area contributed by atoms with E-state index in [0.717, 1.165) is 35.1 Å². The standard InChI is InChI=1S/C24H23ClN2O5S/c1-31-19-12-17(11-18(25)22(19)32-15-16-7-3-2-4-8-16)13-20-23(29)27(24(30)33-20)14-21(28)26-9-5-6-10-26/h2-4,7-8,11-13H,5-6,9-10,14-15H2,1H3/b20-13-. The first-order valence-electron chi connectivity index (χ1n) is 10.5. The van der Waals surface area contributed by atoms with E-state index in [1.165, 1.54) is 7.11 Å². The number of nitrogens with zero attached hydrogens (tertiary/aromatic N) is 2. The molecule has 0 atom stereocenters. The number of rotatable bonds is 7. The van der Waals surface area contributed by atoms with E-state index in [-0.39, 0.29) is 17.4 Å². The molecule has 0 N–H and O–H groups in total. The highest BCUT2D eigenvalue weighted by atomic mass is 35.5. The molecule has 33 heavy (non-hydrogen) atoms. The molecule has 0 spiro atoms. The van der Waals surface area contributed by atoms with Crippen LogP contribution in [-0.2, 0) is 16.2 Å². The SMILES string of the molecule is COc1cc(/C=C2\SC(=O)N(CC(=O)N3CCCC3)C2=O)cc(Cl)c1OCc1ccccc1. The molecule has 2 aromatic carbocycles. The summed E-state index contributed by atoms with van der Waals surface area (Å²) in [4.78, 5) is 40.5. The fourth-order valence-electron chi connectivity index (χ4n) is 3.68. The van der Waals surface area contributed by atoms with E-state index in [4.69, 9.17) is 21.1 Å². The summed E-state index contributed by atoms with van der Waals surface area (Å²) >= 11 is 7.25. The maximum absolute atomic E-state index is 12.8. The van der Waals surface area contributed by atoms with E-state index in [9.17, 15) is 14.4 Å². The number of halogens is 1. The lowest BCUT2D eigenvalue weighted by molar-refractivity contribution is -0.135. The molecule has 2 heterocycles. The van der Waals surface area contributed by atoms with E-state index in [1.807, 2.05) is 30.3 Å². The van der Waals surface area contributed by atoms with Crippen molar-refractivity contribution < 1.29 is 23.9 Å². The molecule has 0 radical (unpaired) electrons. The summed E-state index contributed by atoms with van der Waals surface area (Å²) in [7, 11) is 1.50. The van der Waals surface area contributed by atoms with Crippen LogP contribution in [0.25, 0.3) is 6.08 Å². The predicted molar refractivity (Wildman–Crippen MR) is 127 cm³/mol. The average Bonchev–Trinajstić information content (AvgIpc) is 3.44. The molecule has 0 aliphatic carbocycles. The quantitative estimate of drug-likeness (QED) is 0.533. The predicted octanol–water partition coefficient (Wildman–Crippen LogP) is 4.59. The summed E-state index contributed by atoms with van der Waals surface area (Å²) in [6.07, 6.45) is 3.46. The second-order valence-corrected chi connectivity index (χ2v) is 9.06. The average molecular weight is 487 g/mol. The number of carbonyl (C=O) groups is 3. The highest BCUT2D eigenvalue weighted by Gasteiger charge is 2.37. The molecule has 3 amide bonds. The summed E-state index contributed by atoms with van der Waals surface area (Å²) < 4.78 is 11.3. The Hall–Kier alpha value is -2.97. The van der Waals surface area contributed by atoms with Crippen LogP contribution in [0, 0.1) is 0 Å². The Kier molecular flexibility index (Phi) is 7.25. The van der Waals surface area contributed by atoms with Gasteiger partial charge in [-0.05, 0) is 53.9 Å². The number of hydrogen-bond donors (Lipinski definition) is 0. The molecule has 2 aromatic rings. The van der Waals surface area contributed by atoms with Crippen LogP contribution in [0.5, 0.6) is 11.5 Å². The maximum Gasteiger partial charge on any atom is 0.294 e. The zero-order chi connectivity index (χ0) is 23.4. The van der Waals surface area contributed by atoms with Gasteiger partial charge in [-0.1, -0.05) is 41.9 Å². The monoisotopic (exact) mass is 486 g/mol. The number of likely N-dealkylation sites (tertiary alicyclic amines) is 1. The van der Waals surface area contributed by atoms with E-state index in [2.05, 4.69) is 0 Å². The van der Waals surface area contributed by atoms with Crippen molar-refractivity contribution in [1.29, 1.82) is 0 Å². The highest BCUT2D eigenvalue weighted by Crippen LogP contribution is 2.39. The lowest BCUT2D eigenvalue weighted by Crippen LogP contribution is -2.40. The Labute approximate surface area is 201 Å². The van der Waals surface area contributed by atoms with E-state index < -0.39 is 11.1 Å². The van der Waals surface area contributed by atoms with Gasteiger partial charge in [-0.2, -0.15) is 0 Å². The van der Waals surface area contributed by atoms with Crippen molar-refractivity contribution >= 4 is 46.5 Å². The summed E-state index contributed by atoms with van der Waals surface area (Å²) in [6.45, 7) is 1.42. The molecular weight excluding hydrogens is 464 g/mol. The molecule has 0 aromatic heterocycles. The van der Waals surface area contributed by atoms with Crippen LogP contribution < -0.4 is 9.47 Å². The second kappa shape index (κ2) is 10.3. The molecule has 172 valence electrons. The minimum absolute atomic E-state index is 0.208. The Morgan fingerprint density at radius 1 is 1.15 bits per heavy atom. The molecule has 7 nitrogen and oxygen atoms in total. The number of ether oxygens (including phenoxy) is 2. The first-order valence-corrected chi connectivity index (χ1v) is 11.7. The van der Waals surface area contributed by atoms with Gasteiger partial charge in [0.2, 0.25) is 5.91 Å². The van der Waals surface area contributed by atoms with Crippen molar-refractivity contribution in [3.05, 3.63) is 63.5 Å². The van der Waals surface area contributed by atoms with Gasteiger partial charge < -0.3 is 14.4 Å². The topological polar surface area (TPSA) is 76.2 Å². The van der Waals surface area contributed by atoms with Crippen LogP contribution in [0.4, 0.5) is 4.79 Å². The third-order valence-corrected chi connectivity index (χ3v) is 6.59. The number of benzene rings is 2. The number of thioether (sulfide) groups is 1. The first kappa shape index (κ1) is 23.2. The lowest BCUT2D eigenvalue weighted by Gasteiger charge is -2.18. The van der Waals surface area contributed by atoms with Gasteiger partial charge in [0.05, 0.1) is 17.0 Å². The number of carbonyl (C=O) groups excluding carboxylic acids is 3. The third-order valence-electron chi connectivity index (χ3n) is 5.40. The van der Waals surface area contributed by atoms with Gasteiger partial charge in [-0.15, -0.1) is 0 Å². The van der Waals surface area contributed by atoms with Crippen LogP contribution in [0.1, 0.15) is 24.0 Å². The van der Waals surface area contributed by atoms with Crippen molar-refractivity contribution in [1.82, 2.24) is 9.80 Å². The zero-order valence-electron chi connectivity index (χ0n) is 18.1. The fraction of sp³-hybridized carbons (Fsp3) is 0.292.